The van der Waals surface area contributed by atoms with Crippen LogP contribution in [0.2, 0.25) is 5.15 Å². The second-order valence-electron chi connectivity index (χ2n) is 2.88. The molecule has 0 aliphatic rings. The Morgan fingerprint density at radius 1 is 1.69 bits per heavy atom. The highest BCUT2D eigenvalue weighted by atomic mass is 35.5. The van der Waals surface area contributed by atoms with Crippen LogP contribution in [0.25, 0.3) is 6.08 Å². The summed E-state index contributed by atoms with van der Waals surface area (Å²) in [7, 11) is 0. The third-order valence-electron chi connectivity index (χ3n) is 1.75. The Labute approximate surface area is 95.3 Å². The number of carbonyl (C=O) groups is 1. The number of nitro groups is 1. The van der Waals surface area contributed by atoms with Gasteiger partial charge >= 0.3 is 5.69 Å². The van der Waals surface area contributed by atoms with Crippen LogP contribution >= 0.6 is 11.6 Å². The zero-order valence-electron chi connectivity index (χ0n) is 8.18. The van der Waals surface area contributed by atoms with Crippen LogP contribution < -0.4 is 0 Å². The molecule has 0 saturated heterocycles. The number of Topliss-reactive ketones (excluding diaryl/α,β-unsaturated/α-hetero) is 1. The monoisotopic (exact) mass is 242 g/mol. The topological polar surface area (TPSA) is 93.3 Å². The summed E-state index contributed by atoms with van der Waals surface area (Å²) in [5.41, 5.74) is -0.422. The van der Waals surface area contributed by atoms with Crippen LogP contribution in [0.5, 0.6) is 0 Å². The molecule has 0 spiro atoms. The molecule has 1 N–H and O–H groups in total. The molecule has 0 unspecified atom stereocenters. The molecular weight excluding hydrogens is 236 g/mol. The molecule has 0 aliphatic heterocycles. The first-order valence-corrected chi connectivity index (χ1v) is 4.51. The quantitative estimate of drug-likeness (QED) is 0.288. The molecule has 1 aromatic rings. The number of aromatic nitrogens is 1. The number of aliphatic hydroxyl groups excluding tert-OH is 1. The van der Waals surface area contributed by atoms with E-state index in [1.807, 2.05) is 0 Å². The van der Waals surface area contributed by atoms with Crippen molar-refractivity contribution in [3.05, 3.63) is 38.9 Å². The van der Waals surface area contributed by atoms with Crippen LogP contribution in [0.1, 0.15) is 12.5 Å². The van der Waals surface area contributed by atoms with E-state index in [9.17, 15) is 20.0 Å². The van der Waals surface area contributed by atoms with Crippen LogP contribution in [0.4, 0.5) is 5.69 Å². The number of allylic oxidation sites excluding steroid dienone is 1. The predicted molar refractivity (Wildman–Crippen MR) is 57.2 cm³/mol. The summed E-state index contributed by atoms with van der Waals surface area (Å²) >= 11 is 5.54. The molecule has 0 aliphatic carbocycles. The lowest BCUT2D eigenvalue weighted by molar-refractivity contribution is -0.385. The van der Waals surface area contributed by atoms with Crippen molar-refractivity contribution < 1.29 is 14.8 Å². The van der Waals surface area contributed by atoms with Crippen molar-refractivity contribution in [1.82, 2.24) is 4.98 Å². The van der Waals surface area contributed by atoms with Crippen LogP contribution in [-0.4, -0.2) is 20.8 Å². The third-order valence-corrected chi connectivity index (χ3v) is 2.02. The summed E-state index contributed by atoms with van der Waals surface area (Å²) in [6.45, 7) is 1.14. The fourth-order valence-electron chi connectivity index (χ4n) is 0.988. The predicted octanol–water partition coefficient (Wildman–Crippen LogP) is 2.13. The molecule has 6 nitrogen and oxygen atoms in total. The van der Waals surface area contributed by atoms with Crippen LogP contribution in [0, 0.1) is 10.1 Å². The zero-order chi connectivity index (χ0) is 12.3. The molecule has 0 bridgehead atoms. The van der Waals surface area contributed by atoms with Crippen LogP contribution in [0.15, 0.2) is 18.0 Å². The first kappa shape index (κ1) is 12.1. The molecular formula is C9H7ClN2O4. The van der Waals surface area contributed by atoms with E-state index in [1.54, 1.807) is 0 Å². The molecule has 1 aromatic heterocycles. The average Bonchev–Trinajstić information content (AvgIpc) is 2.16. The van der Waals surface area contributed by atoms with Crippen molar-refractivity contribution in [2.45, 2.75) is 6.92 Å². The lowest BCUT2D eigenvalue weighted by atomic mass is 10.2. The third kappa shape index (κ3) is 2.54. The molecule has 0 atom stereocenters. The standard InChI is InChI=1S/C9H7ClN2O4/c1-5(13)7(14)4-6-2-3-11-9(10)8(6)12(15)16/h2-4,14H,1H3. The lowest BCUT2D eigenvalue weighted by Crippen LogP contribution is -1.98. The Bertz CT molecular complexity index is 484. The van der Waals surface area contributed by atoms with Gasteiger partial charge in [-0.1, -0.05) is 11.6 Å². The highest BCUT2D eigenvalue weighted by Crippen LogP contribution is 2.27. The molecule has 1 heterocycles. The van der Waals surface area contributed by atoms with Gasteiger partial charge in [-0.05, 0) is 12.1 Å². The second kappa shape index (κ2) is 4.71. The van der Waals surface area contributed by atoms with Gasteiger partial charge in [-0.15, -0.1) is 0 Å². The van der Waals surface area contributed by atoms with Gasteiger partial charge in [0.25, 0.3) is 0 Å². The van der Waals surface area contributed by atoms with Gasteiger partial charge in [-0.25, -0.2) is 4.98 Å². The number of carbonyl (C=O) groups excluding carboxylic acids is 1. The minimum absolute atomic E-state index is 0.0256. The van der Waals surface area contributed by atoms with Gasteiger partial charge in [0.2, 0.25) is 5.15 Å². The summed E-state index contributed by atoms with van der Waals surface area (Å²) in [6.07, 6.45) is 2.22. The number of pyridine rings is 1. The van der Waals surface area contributed by atoms with E-state index in [-0.39, 0.29) is 10.7 Å². The lowest BCUT2D eigenvalue weighted by Gasteiger charge is -1.99. The zero-order valence-corrected chi connectivity index (χ0v) is 8.93. The van der Waals surface area contributed by atoms with Gasteiger partial charge in [0.15, 0.2) is 11.5 Å². The Hall–Kier alpha value is -1.95. The number of nitrogens with zero attached hydrogens (tertiary/aromatic N) is 2. The average molecular weight is 243 g/mol. The Morgan fingerprint density at radius 3 is 2.81 bits per heavy atom. The maximum atomic E-state index is 10.8. The van der Waals surface area contributed by atoms with E-state index >= 15 is 0 Å². The van der Waals surface area contributed by atoms with Crippen molar-refractivity contribution in [1.29, 1.82) is 0 Å². The summed E-state index contributed by atoms with van der Waals surface area (Å²) in [6, 6.07) is 1.28. The number of ketones is 1. The summed E-state index contributed by atoms with van der Waals surface area (Å²) < 4.78 is 0. The fourth-order valence-corrected chi connectivity index (χ4v) is 1.22. The fraction of sp³-hybridized carbons (Fsp3) is 0.111. The minimum Gasteiger partial charge on any atom is -0.504 e. The maximum Gasteiger partial charge on any atom is 0.313 e. The van der Waals surface area contributed by atoms with Gasteiger partial charge in [-0.3, -0.25) is 14.9 Å². The molecule has 84 valence electrons. The molecule has 0 fully saturated rings. The Kier molecular flexibility index (Phi) is 3.57. The van der Waals surface area contributed by atoms with Crippen molar-refractivity contribution in [3.8, 4) is 0 Å². The van der Waals surface area contributed by atoms with E-state index in [0.29, 0.717) is 0 Å². The van der Waals surface area contributed by atoms with Gasteiger partial charge in [0, 0.05) is 13.1 Å². The van der Waals surface area contributed by atoms with Gasteiger partial charge in [0.05, 0.1) is 10.5 Å². The molecule has 1 rings (SSSR count). The molecule has 0 amide bonds. The molecule has 0 saturated carbocycles. The minimum atomic E-state index is -0.728. The van der Waals surface area contributed by atoms with Crippen LogP contribution in [0.3, 0.4) is 0 Å². The van der Waals surface area contributed by atoms with Crippen molar-refractivity contribution in [2.24, 2.45) is 0 Å². The van der Waals surface area contributed by atoms with Crippen LogP contribution in [-0.2, 0) is 4.79 Å². The number of halogens is 1. The molecule has 0 aromatic carbocycles. The number of aliphatic hydroxyl groups is 1. The van der Waals surface area contributed by atoms with Gasteiger partial charge in [-0.2, -0.15) is 0 Å². The number of hydrogen-bond donors (Lipinski definition) is 1. The first-order chi connectivity index (χ1) is 7.43. The summed E-state index contributed by atoms with van der Waals surface area (Å²) in [4.78, 5) is 24.3. The van der Waals surface area contributed by atoms with Crippen molar-refractivity contribution in [2.75, 3.05) is 0 Å². The van der Waals surface area contributed by atoms with Gasteiger partial charge < -0.3 is 5.11 Å². The Balaban J connectivity index is 3.35. The largest absolute Gasteiger partial charge is 0.504 e. The van der Waals surface area contributed by atoms with E-state index < -0.39 is 22.2 Å². The number of rotatable bonds is 3. The van der Waals surface area contributed by atoms with Gasteiger partial charge in [0.1, 0.15) is 0 Å². The maximum absolute atomic E-state index is 10.8. The van der Waals surface area contributed by atoms with E-state index in [1.165, 1.54) is 12.3 Å². The van der Waals surface area contributed by atoms with E-state index in [0.717, 1.165) is 13.0 Å². The summed E-state index contributed by atoms with van der Waals surface area (Å²) in [5, 5.41) is 19.6. The van der Waals surface area contributed by atoms with E-state index in [2.05, 4.69) is 4.98 Å². The SMILES string of the molecule is CC(=O)C(O)=Cc1ccnc(Cl)c1[N+](=O)[O-]. The van der Waals surface area contributed by atoms with E-state index in [4.69, 9.17) is 11.6 Å². The first-order valence-electron chi connectivity index (χ1n) is 4.14. The summed E-state index contributed by atoms with van der Waals surface area (Å²) in [5.74, 6) is -1.17. The normalized spacial score (nSPS) is 11.2. The Morgan fingerprint density at radius 2 is 2.31 bits per heavy atom. The molecule has 0 radical (unpaired) electrons. The highest BCUT2D eigenvalue weighted by Gasteiger charge is 2.19. The highest BCUT2D eigenvalue weighted by molar-refractivity contribution is 6.31. The van der Waals surface area contributed by atoms with Crippen molar-refractivity contribution >= 4 is 29.1 Å². The smallest absolute Gasteiger partial charge is 0.313 e. The molecule has 7 heteroatoms. The van der Waals surface area contributed by atoms with Crippen molar-refractivity contribution in [3.63, 3.8) is 0 Å². The number of hydrogen-bond acceptors (Lipinski definition) is 5. The second-order valence-corrected chi connectivity index (χ2v) is 3.24. The molecule has 16 heavy (non-hydrogen) atoms.